The van der Waals surface area contributed by atoms with Gasteiger partial charge in [-0.2, -0.15) is 0 Å². The van der Waals surface area contributed by atoms with E-state index < -0.39 is 0 Å². The van der Waals surface area contributed by atoms with Gasteiger partial charge in [-0.1, -0.05) is 33.1 Å². The second kappa shape index (κ2) is 8.74. The molecule has 1 aliphatic rings. The van der Waals surface area contributed by atoms with Crippen LogP contribution in [0.25, 0.3) is 0 Å². The Morgan fingerprint density at radius 2 is 2.10 bits per heavy atom. The van der Waals surface area contributed by atoms with E-state index in [4.69, 9.17) is 4.98 Å². The summed E-state index contributed by atoms with van der Waals surface area (Å²) in [4.78, 5) is 8.93. The fourth-order valence-corrected chi connectivity index (χ4v) is 4.46. The molecule has 1 saturated heterocycles. The van der Waals surface area contributed by atoms with Gasteiger partial charge in [0.25, 0.3) is 0 Å². The van der Waals surface area contributed by atoms with Crippen molar-refractivity contribution < 1.29 is 0 Å². The summed E-state index contributed by atoms with van der Waals surface area (Å²) in [7, 11) is 2.02. The maximum Gasteiger partial charge on any atom is 0.185 e. The lowest BCUT2D eigenvalue weighted by Crippen LogP contribution is -2.24. The molecule has 1 unspecified atom stereocenters. The van der Waals surface area contributed by atoms with Crippen LogP contribution in [0.4, 0.5) is 5.13 Å². The maximum atomic E-state index is 4.96. The van der Waals surface area contributed by atoms with Gasteiger partial charge in [0.15, 0.2) is 5.13 Å². The molecule has 0 spiro atoms. The van der Waals surface area contributed by atoms with Gasteiger partial charge >= 0.3 is 0 Å². The quantitative estimate of drug-likeness (QED) is 0.817. The number of hydrogen-bond acceptors (Lipinski definition) is 4. The van der Waals surface area contributed by atoms with Crippen molar-refractivity contribution in [2.45, 2.75) is 65.3 Å². The molecular weight excluding hydrogens is 278 g/mol. The Hall–Kier alpha value is -0.610. The first-order valence-electron chi connectivity index (χ1n) is 8.66. The number of hydrogen-bond donors (Lipinski definition) is 1. The fraction of sp³-hybridized carbons (Fsp3) is 0.824. The van der Waals surface area contributed by atoms with Crippen LogP contribution < -0.4 is 10.2 Å². The van der Waals surface area contributed by atoms with Crippen molar-refractivity contribution in [3.8, 4) is 0 Å². The molecule has 1 N–H and O–H groups in total. The molecule has 0 radical (unpaired) electrons. The molecule has 120 valence electrons. The Labute approximate surface area is 134 Å². The average molecular weight is 310 g/mol. The van der Waals surface area contributed by atoms with Crippen LogP contribution >= 0.6 is 11.3 Å². The highest BCUT2D eigenvalue weighted by Crippen LogP contribution is 2.31. The van der Waals surface area contributed by atoms with Gasteiger partial charge in [-0.15, -0.1) is 11.3 Å². The molecule has 0 aromatic carbocycles. The van der Waals surface area contributed by atoms with Gasteiger partial charge in [-0.05, 0) is 38.6 Å². The number of nitrogens with zero attached hydrogens (tertiary/aromatic N) is 2. The highest BCUT2D eigenvalue weighted by atomic mass is 32.1. The number of rotatable bonds is 7. The third-order valence-corrected chi connectivity index (χ3v) is 5.56. The molecule has 2 heterocycles. The number of thiazole rings is 1. The zero-order valence-electron chi connectivity index (χ0n) is 14.0. The monoisotopic (exact) mass is 309 g/mol. The smallest absolute Gasteiger partial charge is 0.185 e. The largest absolute Gasteiger partial charge is 0.348 e. The second-order valence-electron chi connectivity index (χ2n) is 6.22. The average Bonchev–Trinajstić information content (AvgIpc) is 2.71. The first kappa shape index (κ1) is 16.8. The Bertz CT molecular complexity index is 393. The number of aryl methyl sites for hydroxylation is 1. The molecule has 0 saturated carbocycles. The Balaban J connectivity index is 2.04. The van der Waals surface area contributed by atoms with Crippen LogP contribution in [0.1, 0.15) is 62.9 Å². The van der Waals surface area contributed by atoms with Gasteiger partial charge < -0.3 is 10.2 Å². The summed E-state index contributed by atoms with van der Waals surface area (Å²) in [5.41, 5.74) is 1.32. The topological polar surface area (TPSA) is 28.2 Å². The lowest BCUT2D eigenvalue weighted by atomic mass is 9.96. The van der Waals surface area contributed by atoms with E-state index >= 15 is 0 Å². The van der Waals surface area contributed by atoms with E-state index in [9.17, 15) is 0 Å². The summed E-state index contributed by atoms with van der Waals surface area (Å²) in [6, 6.07) is 0. The Morgan fingerprint density at radius 3 is 2.81 bits per heavy atom. The van der Waals surface area contributed by atoms with Crippen LogP contribution in [0.2, 0.25) is 0 Å². The van der Waals surface area contributed by atoms with Crippen LogP contribution in [0.5, 0.6) is 0 Å². The third kappa shape index (κ3) is 4.68. The third-order valence-electron chi connectivity index (χ3n) is 4.41. The van der Waals surface area contributed by atoms with Crippen molar-refractivity contribution in [2.24, 2.45) is 5.92 Å². The number of nitrogens with one attached hydrogen (secondary N) is 1. The van der Waals surface area contributed by atoms with Crippen LogP contribution in [0, 0.1) is 5.92 Å². The van der Waals surface area contributed by atoms with E-state index in [1.54, 1.807) is 0 Å². The van der Waals surface area contributed by atoms with Gasteiger partial charge in [0.1, 0.15) is 0 Å². The van der Waals surface area contributed by atoms with Crippen molar-refractivity contribution in [1.82, 2.24) is 10.3 Å². The standard InChI is InChI=1S/C17H31N3S/c1-4-7-14-9-6-11-20(12-10-14)17-19-15(8-5-2)16(21-17)13-18-3/h14,18H,4-13H2,1-3H3. The summed E-state index contributed by atoms with van der Waals surface area (Å²) < 4.78 is 0. The molecule has 1 fully saturated rings. The Morgan fingerprint density at radius 1 is 1.24 bits per heavy atom. The molecule has 21 heavy (non-hydrogen) atoms. The molecule has 1 atom stereocenters. The summed E-state index contributed by atoms with van der Waals surface area (Å²) in [6.45, 7) is 7.90. The van der Waals surface area contributed by atoms with Crippen LogP contribution in [-0.2, 0) is 13.0 Å². The van der Waals surface area contributed by atoms with Gasteiger partial charge in [-0.25, -0.2) is 4.98 Å². The summed E-state index contributed by atoms with van der Waals surface area (Å²) in [6.07, 6.45) is 9.10. The first-order chi connectivity index (χ1) is 10.3. The molecule has 4 heteroatoms. The molecule has 1 aliphatic heterocycles. The molecule has 1 aromatic rings. The van der Waals surface area contributed by atoms with E-state index in [2.05, 4.69) is 24.1 Å². The van der Waals surface area contributed by atoms with Crippen LogP contribution in [0.3, 0.4) is 0 Å². The molecular formula is C17H31N3S. The predicted molar refractivity (Wildman–Crippen MR) is 93.3 cm³/mol. The van der Waals surface area contributed by atoms with Crippen molar-refractivity contribution in [3.63, 3.8) is 0 Å². The summed E-state index contributed by atoms with van der Waals surface area (Å²) in [5, 5.41) is 4.55. The zero-order chi connectivity index (χ0) is 15.1. The zero-order valence-corrected chi connectivity index (χ0v) is 14.8. The summed E-state index contributed by atoms with van der Waals surface area (Å²) >= 11 is 1.91. The minimum Gasteiger partial charge on any atom is -0.348 e. The minimum atomic E-state index is 0.937. The summed E-state index contributed by atoms with van der Waals surface area (Å²) in [5.74, 6) is 0.937. The maximum absolute atomic E-state index is 4.96. The first-order valence-corrected chi connectivity index (χ1v) is 9.48. The van der Waals surface area contributed by atoms with Gasteiger partial charge in [0, 0.05) is 24.5 Å². The SMILES string of the molecule is CCCc1nc(N2CCCC(CCC)CC2)sc1CNC. The van der Waals surface area contributed by atoms with E-state index in [1.807, 2.05) is 18.4 Å². The van der Waals surface area contributed by atoms with E-state index in [-0.39, 0.29) is 0 Å². The highest BCUT2D eigenvalue weighted by molar-refractivity contribution is 7.15. The van der Waals surface area contributed by atoms with Crippen LogP contribution in [-0.4, -0.2) is 25.1 Å². The molecule has 1 aromatic heterocycles. The number of anilines is 1. The Kier molecular flexibility index (Phi) is 6.97. The van der Waals surface area contributed by atoms with Gasteiger partial charge in [-0.3, -0.25) is 0 Å². The second-order valence-corrected chi connectivity index (χ2v) is 7.28. The van der Waals surface area contributed by atoms with Crippen molar-refractivity contribution in [3.05, 3.63) is 10.6 Å². The molecule has 0 amide bonds. The van der Waals surface area contributed by atoms with E-state index in [0.717, 1.165) is 18.9 Å². The fourth-order valence-electron chi connectivity index (χ4n) is 3.29. The number of aromatic nitrogens is 1. The van der Waals surface area contributed by atoms with Gasteiger partial charge in [0.05, 0.1) is 5.69 Å². The predicted octanol–water partition coefficient (Wildman–Crippen LogP) is 4.22. The molecule has 0 aliphatic carbocycles. The van der Waals surface area contributed by atoms with E-state index in [0.29, 0.717) is 0 Å². The normalized spacial score (nSPS) is 19.8. The van der Waals surface area contributed by atoms with Gasteiger partial charge in [0.2, 0.25) is 0 Å². The molecule has 0 bridgehead atoms. The van der Waals surface area contributed by atoms with Crippen molar-refractivity contribution in [2.75, 3.05) is 25.0 Å². The lowest BCUT2D eigenvalue weighted by molar-refractivity contribution is 0.435. The van der Waals surface area contributed by atoms with Crippen molar-refractivity contribution >= 4 is 16.5 Å². The van der Waals surface area contributed by atoms with Crippen LogP contribution in [0.15, 0.2) is 0 Å². The minimum absolute atomic E-state index is 0.937. The highest BCUT2D eigenvalue weighted by Gasteiger charge is 2.20. The van der Waals surface area contributed by atoms with Crippen molar-refractivity contribution in [1.29, 1.82) is 0 Å². The van der Waals surface area contributed by atoms with E-state index in [1.165, 1.54) is 67.3 Å². The lowest BCUT2D eigenvalue weighted by Gasteiger charge is -2.19. The molecule has 2 rings (SSSR count). The molecule has 3 nitrogen and oxygen atoms in total.